The van der Waals surface area contributed by atoms with Crippen molar-refractivity contribution in [3.05, 3.63) is 54.1 Å². The third kappa shape index (κ3) is 13.9. The summed E-state index contributed by atoms with van der Waals surface area (Å²) < 4.78 is 30.1. The highest BCUT2D eigenvalue weighted by molar-refractivity contribution is 5.92. The van der Waals surface area contributed by atoms with Gasteiger partial charge in [0.25, 0.3) is 5.91 Å². The standard InChI is InChI=1S/C29H33NO12/c1-3-26(33)41-16-22(31)15-20-5-9-23(10-6-20)39-18-28(35)37-13-14-38-29(36)19-40-24-11-7-21(8-12-24)30-25(32)17-42-27(34)4-2/h5-12H,3-4,13-19H2,1-2H3,(H,30,32). The molecule has 226 valence electrons. The summed E-state index contributed by atoms with van der Waals surface area (Å²) in [5.41, 5.74) is 1.15. The summed E-state index contributed by atoms with van der Waals surface area (Å²) in [6.07, 6.45) is 0.468. The van der Waals surface area contributed by atoms with Crippen LogP contribution in [0.1, 0.15) is 32.3 Å². The molecule has 0 radical (unpaired) electrons. The van der Waals surface area contributed by atoms with Crippen molar-refractivity contribution in [2.75, 3.05) is 45.0 Å². The normalized spacial score (nSPS) is 10.1. The molecule has 13 nitrogen and oxygen atoms in total. The number of rotatable bonds is 18. The van der Waals surface area contributed by atoms with Crippen LogP contribution in [0.5, 0.6) is 11.5 Å². The second-order valence-corrected chi connectivity index (χ2v) is 8.48. The van der Waals surface area contributed by atoms with E-state index in [1.54, 1.807) is 50.2 Å². The first-order valence-electron chi connectivity index (χ1n) is 13.1. The van der Waals surface area contributed by atoms with Crippen molar-refractivity contribution in [1.82, 2.24) is 0 Å². The molecule has 1 N–H and O–H groups in total. The van der Waals surface area contributed by atoms with Crippen molar-refractivity contribution >= 4 is 41.3 Å². The fraction of sp³-hybridized carbons (Fsp3) is 0.379. The fourth-order valence-electron chi connectivity index (χ4n) is 3.00. The van der Waals surface area contributed by atoms with Crippen LogP contribution >= 0.6 is 0 Å². The molecule has 13 heteroatoms. The van der Waals surface area contributed by atoms with E-state index < -0.39 is 29.8 Å². The lowest BCUT2D eigenvalue weighted by Gasteiger charge is -2.10. The Balaban J connectivity index is 1.57. The van der Waals surface area contributed by atoms with Gasteiger partial charge in [0, 0.05) is 24.9 Å². The Bertz CT molecular complexity index is 1110. The molecule has 0 aromatic heterocycles. The van der Waals surface area contributed by atoms with Crippen LogP contribution < -0.4 is 14.8 Å². The molecule has 2 rings (SSSR count). The molecule has 0 unspecified atom stereocenters. The molecule has 0 bridgehead atoms. The van der Waals surface area contributed by atoms with E-state index in [1.807, 2.05) is 0 Å². The van der Waals surface area contributed by atoms with Gasteiger partial charge in [0.15, 0.2) is 25.6 Å². The maximum absolute atomic E-state index is 11.9. The number of anilines is 1. The Hall–Kier alpha value is -4.94. The van der Waals surface area contributed by atoms with Crippen molar-refractivity contribution < 1.29 is 57.2 Å². The Morgan fingerprint density at radius 1 is 0.571 bits per heavy atom. The van der Waals surface area contributed by atoms with Crippen molar-refractivity contribution in [2.24, 2.45) is 0 Å². The van der Waals surface area contributed by atoms with Crippen molar-refractivity contribution in [3.63, 3.8) is 0 Å². The third-order valence-corrected chi connectivity index (χ3v) is 5.12. The van der Waals surface area contributed by atoms with Gasteiger partial charge >= 0.3 is 23.9 Å². The number of hydrogen-bond acceptors (Lipinski definition) is 12. The summed E-state index contributed by atoms with van der Waals surface area (Å²) in [6, 6.07) is 12.6. The van der Waals surface area contributed by atoms with Gasteiger partial charge in [0.05, 0.1) is 0 Å². The number of esters is 4. The smallest absolute Gasteiger partial charge is 0.344 e. The van der Waals surface area contributed by atoms with Crippen LogP contribution in [0.3, 0.4) is 0 Å². The zero-order valence-corrected chi connectivity index (χ0v) is 23.4. The van der Waals surface area contributed by atoms with E-state index in [-0.39, 0.29) is 64.7 Å². The zero-order valence-electron chi connectivity index (χ0n) is 23.4. The molecule has 0 saturated carbocycles. The summed E-state index contributed by atoms with van der Waals surface area (Å²) in [5, 5.41) is 2.55. The van der Waals surface area contributed by atoms with Crippen LogP contribution in [-0.2, 0) is 54.1 Å². The van der Waals surface area contributed by atoms with Crippen LogP contribution in [0.15, 0.2) is 48.5 Å². The van der Waals surface area contributed by atoms with Crippen LogP contribution in [0.2, 0.25) is 0 Å². The first-order chi connectivity index (χ1) is 20.2. The molecule has 0 aliphatic carbocycles. The number of carbonyl (C=O) groups is 6. The lowest BCUT2D eigenvalue weighted by Crippen LogP contribution is -2.21. The monoisotopic (exact) mass is 587 g/mol. The van der Waals surface area contributed by atoms with Gasteiger partial charge in [-0.2, -0.15) is 0 Å². The fourth-order valence-corrected chi connectivity index (χ4v) is 3.00. The van der Waals surface area contributed by atoms with Crippen molar-refractivity contribution in [1.29, 1.82) is 0 Å². The Kier molecular flexibility index (Phi) is 14.6. The van der Waals surface area contributed by atoms with E-state index >= 15 is 0 Å². The Morgan fingerprint density at radius 3 is 1.55 bits per heavy atom. The summed E-state index contributed by atoms with van der Waals surface area (Å²) in [6.45, 7) is 1.47. The first-order valence-corrected chi connectivity index (χ1v) is 13.1. The number of ketones is 1. The predicted octanol–water partition coefficient (Wildman–Crippen LogP) is 2.19. The molecule has 0 aliphatic heterocycles. The molecule has 0 atom stereocenters. The molecule has 0 heterocycles. The molecule has 0 spiro atoms. The van der Waals surface area contributed by atoms with Crippen LogP contribution in [-0.4, -0.2) is 75.2 Å². The molecular weight excluding hydrogens is 554 g/mol. The lowest BCUT2D eigenvalue weighted by atomic mass is 10.1. The van der Waals surface area contributed by atoms with Crippen molar-refractivity contribution in [2.45, 2.75) is 33.1 Å². The zero-order chi connectivity index (χ0) is 30.7. The average molecular weight is 588 g/mol. The summed E-state index contributed by atoms with van der Waals surface area (Å²) in [4.78, 5) is 69.5. The van der Waals surface area contributed by atoms with Gasteiger partial charge in [-0.15, -0.1) is 0 Å². The van der Waals surface area contributed by atoms with Crippen LogP contribution in [0.4, 0.5) is 5.69 Å². The highest BCUT2D eigenvalue weighted by atomic mass is 16.6. The molecule has 0 fully saturated rings. The van der Waals surface area contributed by atoms with Crippen molar-refractivity contribution in [3.8, 4) is 11.5 Å². The highest BCUT2D eigenvalue weighted by Gasteiger charge is 2.10. The van der Waals surface area contributed by atoms with E-state index in [9.17, 15) is 28.8 Å². The van der Waals surface area contributed by atoms with E-state index in [1.165, 1.54) is 12.1 Å². The van der Waals surface area contributed by atoms with E-state index in [0.29, 0.717) is 22.7 Å². The van der Waals surface area contributed by atoms with Gasteiger partial charge in [-0.3, -0.25) is 19.2 Å². The molecule has 0 aliphatic rings. The van der Waals surface area contributed by atoms with Crippen LogP contribution in [0.25, 0.3) is 0 Å². The second kappa shape index (κ2) is 18.4. The van der Waals surface area contributed by atoms with E-state index in [4.69, 9.17) is 28.4 Å². The number of Topliss-reactive ketones (excluding diaryl/α,β-unsaturated/α-hetero) is 1. The average Bonchev–Trinajstić information content (AvgIpc) is 3.00. The topological polar surface area (TPSA) is 170 Å². The molecule has 2 aromatic carbocycles. The molecular formula is C29H33NO12. The van der Waals surface area contributed by atoms with Gasteiger partial charge in [-0.25, -0.2) is 9.59 Å². The molecule has 42 heavy (non-hydrogen) atoms. The molecule has 1 amide bonds. The minimum absolute atomic E-state index is 0.0925. The summed E-state index contributed by atoms with van der Waals surface area (Å²) in [7, 11) is 0. The minimum Gasteiger partial charge on any atom is -0.482 e. The number of ether oxygens (including phenoxy) is 6. The SMILES string of the molecule is CCC(=O)OCC(=O)Cc1ccc(OCC(=O)OCCOC(=O)COc2ccc(NC(=O)COC(=O)CC)cc2)cc1. The predicted molar refractivity (Wildman–Crippen MR) is 146 cm³/mol. The van der Waals surface area contributed by atoms with Gasteiger partial charge in [-0.05, 0) is 42.0 Å². The van der Waals surface area contributed by atoms with Gasteiger partial charge in [0.2, 0.25) is 0 Å². The second-order valence-electron chi connectivity index (χ2n) is 8.48. The number of amides is 1. The molecule has 0 saturated heterocycles. The Morgan fingerprint density at radius 2 is 1.05 bits per heavy atom. The number of hydrogen-bond donors (Lipinski definition) is 1. The van der Waals surface area contributed by atoms with Gasteiger partial charge < -0.3 is 33.7 Å². The van der Waals surface area contributed by atoms with E-state index in [0.717, 1.165) is 0 Å². The molecule has 2 aromatic rings. The largest absolute Gasteiger partial charge is 0.482 e. The quantitative estimate of drug-likeness (QED) is 0.153. The highest BCUT2D eigenvalue weighted by Crippen LogP contribution is 2.16. The third-order valence-electron chi connectivity index (χ3n) is 5.12. The number of benzene rings is 2. The van der Waals surface area contributed by atoms with Gasteiger partial charge in [-0.1, -0.05) is 26.0 Å². The van der Waals surface area contributed by atoms with E-state index in [2.05, 4.69) is 5.32 Å². The van der Waals surface area contributed by atoms with Crippen LogP contribution in [0, 0.1) is 0 Å². The maximum Gasteiger partial charge on any atom is 0.344 e. The first kappa shape index (κ1) is 33.3. The lowest BCUT2D eigenvalue weighted by molar-refractivity contribution is -0.154. The number of carbonyl (C=O) groups excluding carboxylic acids is 6. The van der Waals surface area contributed by atoms with Gasteiger partial charge in [0.1, 0.15) is 31.3 Å². The summed E-state index contributed by atoms with van der Waals surface area (Å²) in [5.74, 6) is -2.27. The number of nitrogens with one attached hydrogen (secondary N) is 1. The Labute approximate surface area is 242 Å². The summed E-state index contributed by atoms with van der Waals surface area (Å²) >= 11 is 0. The minimum atomic E-state index is -0.681. The maximum atomic E-state index is 11.9.